The zero-order chi connectivity index (χ0) is 18.1. The quantitative estimate of drug-likeness (QED) is 0.712. The van der Waals surface area contributed by atoms with Crippen molar-refractivity contribution in [2.75, 3.05) is 20.1 Å². The molecule has 3 N–H and O–H groups in total. The van der Waals surface area contributed by atoms with Crippen molar-refractivity contribution in [1.82, 2.24) is 15.1 Å². The molecule has 1 spiro atoms. The number of halogens is 1. The van der Waals surface area contributed by atoms with Crippen LogP contribution in [-0.4, -0.2) is 58.9 Å². The standard InChI is InChI=1S/C17H30N4O3.ClH/c1-12(2)16(3,11-18)19-13(22)10-21-14(23)17(20(4)15(21)24)8-6-5-7-9-17;/h12H,5-11,18H2,1-4H3,(H,19,22);1H. The topological polar surface area (TPSA) is 95.7 Å². The molecule has 7 nitrogen and oxygen atoms in total. The van der Waals surface area contributed by atoms with Crippen LogP contribution in [0.3, 0.4) is 0 Å². The van der Waals surface area contributed by atoms with Gasteiger partial charge in [-0.25, -0.2) is 4.79 Å². The Labute approximate surface area is 156 Å². The lowest BCUT2D eigenvalue weighted by molar-refractivity contribution is -0.137. The molecule has 144 valence electrons. The highest BCUT2D eigenvalue weighted by Gasteiger charge is 2.55. The lowest BCUT2D eigenvalue weighted by Crippen LogP contribution is -2.57. The monoisotopic (exact) mass is 374 g/mol. The smallest absolute Gasteiger partial charge is 0.327 e. The summed E-state index contributed by atoms with van der Waals surface area (Å²) >= 11 is 0. The molecule has 2 fully saturated rings. The second-order valence-electron chi connectivity index (χ2n) is 7.65. The highest BCUT2D eigenvalue weighted by molar-refractivity contribution is 6.09. The van der Waals surface area contributed by atoms with Gasteiger partial charge in [0.25, 0.3) is 5.91 Å². The van der Waals surface area contributed by atoms with Crippen LogP contribution in [0.2, 0.25) is 0 Å². The Kier molecular flexibility index (Phi) is 6.87. The van der Waals surface area contributed by atoms with Gasteiger partial charge in [0.05, 0.1) is 5.54 Å². The van der Waals surface area contributed by atoms with Crippen molar-refractivity contribution in [3.63, 3.8) is 0 Å². The third-order valence-corrected chi connectivity index (χ3v) is 5.91. The highest BCUT2D eigenvalue weighted by atomic mass is 35.5. The molecule has 0 radical (unpaired) electrons. The first-order valence-electron chi connectivity index (χ1n) is 8.79. The van der Waals surface area contributed by atoms with Crippen LogP contribution < -0.4 is 11.1 Å². The average Bonchev–Trinajstić information content (AvgIpc) is 2.71. The van der Waals surface area contributed by atoms with Gasteiger partial charge < -0.3 is 16.0 Å². The maximum atomic E-state index is 12.9. The van der Waals surface area contributed by atoms with Crippen molar-refractivity contribution in [3.05, 3.63) is 0 Å². The van der Waals surface area contributed by atoms with E-state index in [1.807, 2.05) is 20.8 Å². The van der Waals surface area contributed by atoms with E-state index in [1.54, 1.807) is 7.05 Å². The van der Waals surface area contributed by atoms with Crippen LogP contribution in [0.1, 0.15) is 52.9 Å². The summed E-state index contributed by atoms with van der Waals surface area (Å²) in [5, 5.41) is 2.89. The van der Waals surface area contributed by atoms with Crippen LogP contribution in [0.25, 0.3) is 0 Å². The second-order valence-corrected chi connectivity index (χ2v) is 7.65. The number of imide groups is 1. The largest absolute Gasteiger partial charge is 0.348 e. The van der Waals surface area contributed by atoms with Crippen molar-refractivity contribution in [2.45, 2.75) is 64.0 Å². The van der Waals surface area contributed by atoms with E-state index in [2.05, 4.69) is 5.32 Å². The predicted molar refractivity (Wildman–Crippen MR) is 98.4 cm³/mol. The number of nitrogens with two attached hydrogens (primary N) is 1. The van der Waals surface area contributed by atoms with E-state index in [4.69, 9.17) is 5.73 Å². The molecular formula is C17H31ClN4O3. The molecule has 1 heterocycles. The van der Waals surface area contributed by atoms with E-state index in [-0.39, 0.29) is 42.7 Å². The maximum absolute atomic E-state index is 12.9. The molecule has 25 heavy (non-hydrogen) atoms. The molecule has 0 bridgehead atoms. The fraction of sp³-hybridized carbons (Fsp3) is 0.824. The lowest BCUT2D eigenvalue weighted by Gasteiger charge is -2.36. The van der Waals surface area contributed by atoms with Crippen molar-refractivity contribution in [1.29, 1.82) is 0 Å². The summed E-state index contributed by atoms with van der Waals surface area (Å²) in [5.74, 6) is -0.438. The van der Waals surface area contributed by atoms with E-state index >= 15 is 0 Å². The molecule has 1 aliphatic heterocycles. The second kappa shape index (κ2) is 7.91. The number of urea groups is 1. The molecular weight excluding hydrogens is 344 g/mol. The molecule has 1 saturated heterocycles. The molecule has 0 aromatic heterocycles. The first-order valence-corrected chi connectivity index (χ1v) is 8.79. The van der Waals surface area contributed by atoms with Crippen LogP contribution in [-0.2, 0) is 9.59 Å². The van der Waals surface area contributed by atoms with Crippen LogP contribution in [0.5, 0.6) is 0 Å². The Bertz CT molecular complexity index is 534. The highest BCUT2D eigenvalue weighted by Crippen LogP contribution is 2.39. The minimum absolute atomic E-state index is 0. The van der Waals surface area contributed by atoms with Crippen LogP contribution in [0.4, 0.5) is 4.79 Å². The van der Waals surface area contributed by atoms with Gasteiger partial charge in [-0.05, 0) is 25.7 Å². The molecule has 1 saturated carbocycles. The summed E-state index contributed by atoms with van der Waals surface area (Å²) in [7, 11) is 1.67. The van der Waals surface area contributed by atoms with E-state index < -0.39 is 11.1 Å². The zero-order valence-electron chi connectivity index (χ0n) is 15.6. The number of likely N-dealkylation sites (N-methyl/N-ethyl adjacent to an activating group) is 1. The fourth-order valence-corrected chi connectivity index (χ4v) is 3.60. The van der Waals surface area contributed by atoms with E-state index in [0.29, 0.717) is 19.4 Å². The van der Waals surface area contributed by atoms with Gasteiger partial charge in [0.1, 0.15) is 12.1 Å². The SMILES string of the molecule is CC(C)C(C)(CN)NC(=O)CN1C(=O)N(C)C2(CCCCC2)C1=O.Cl. The predicted octanol–water partition coefficient (Wildman–Crippen LogP) is 1.49. The number of hydrogen-bond acceptors (Lipinski definition) is 4. The van der Waals surface area contributed by atoms with Crippen molar-refractivity contribution < 1.29 is 14.4 Å². The van der Waals surface area contributed by atoms with Gasteiger partial charge in [-0.3, -0.25) is 14.5 Å². The Morgan fingerprint density at radius 1 is 1.28 bits per heavy atom. The van der Waals surface area contributed by atoms with Gasteiger partial charge >= 0.3 is 6.03 Å². The third kappa shape index (κ3) is 3.77. The molecule has 1 unspecified atom stereocenters. The number of amides is 4. The summed E-state index contributed by atoms with van der Waals surface area (Å²) in [6.07, 6.45) is 4.31. The Hall–Kier alpha value is -1.34. The third-order valence-electron chi connectivity index (χ3n) is 5.91. The maximum Gasteiger partial charge on any atom is 0.327 e. The van der Waals surface area contributed by atoms with Gasteiger partial charge in [0, 0.05) is 13.6 Å². The Morgan fingerprint density at radius 3 is 2.32 bits per heavy atom. The van der Waals surface area contributed by atoms with E-state index in [1.165, 1.54) is 4.90 Å². The summed E-state index contributed by atoms with van der Waals surface area (Å²) < 4.78 is 0. The normalized spacial score (nSPS) is 22.2. The zero-order valence-corrected chi connectivity index (χ0v) is 16.4. The van der Waals surface area contributed by atoms with E-state index in [9.17, 15) is 14.4 Å². The first-order chi connectivity index (χ1) is 11.2. The van der Waals surface area contributed by atoms with Gasteiger partial charge in [-0.1, -0.05) is 33.1 Å². The lowest BCUT2D eigenvalue weighted by atomic mass is 9.81. The van der Waals surface area contributed by atoms with Gasteiger partial charge in [0.15, 0.2) is 0 Å². The molecule has 2 rings (SSSR count). The van der Waals surface area contributed by atoms with Gasteiger partial charge in [-0.15, -0.1) is 12.4 Å². The Balaban J connectivity index is 0.00000312. The summed E-state index contributed by atoms with van der Waals surface area (Å²) in [6, 6.07) is -0.379. The molecule has 4 amide bonds. The number of rotatable bonds is 5. The van der Waals surface area contributed by atoms with Crippen molar-refractivity contribution >= 4 is 30.3 Å². The van der Waals surface area contributed by atoms with Crippen LogP contribution in [0, 0.1) is 5.92 Å². The van der Waals surface area contributed by atoms with Gasteiger partial charge in [0.2, 0.25) is 5.91 Å². The summed E-state index contributed by atoms with van der Waals surface area (Å²) in [6.45, 7) is 5.88. The molecule has 8 heteroatoms. The molecule has 1 atom stereocenters. The summed E-state index contributed by atoms with van der Waals surface area (Å²) in [5.41, 5.74) is 4.48. The fourth-order valence-electron chi connectivity index (χ4n) is 3.60. The number of carbonyl (C=O) groups is 3. The Morgan fingerprint density at radius 2 is 1.84 bits per heavy atom. The number of nitrogens with one attached hydrogen (secondary N) is 1. The molecule has 1 aliphatic carbocycles. The van der Waals surface area contributed by atoms with Gasteiger partial charge in [-0.2, -0.15) is 0 Å². The number of carbonyl (C=O) groups excluding carboxylic acids is 3. The number of nitrogens with zero attached hydrogens (tertiary/aromatic N) is 2. The minimum atomic E-state index is -0.745. The first kappa shape index (κ1) is 21.7. The minimum Gasteiger partial charge on any atom is -0.348 e. The van der Waals surface area contributed by atoms with Crippen molar-refractivity contribution in [2.24, 2.45) is 11.7 Å². The van der Waals surface area contributed by atoms with Crippen LogP contribution in [0.15, 0.2) is 0 Å². The molecule has 0 aromatic rings. The summed E-state index contributed by atoms with van der Waals surface area (Å²) in [4.78, 5) is 40.4. The van der Waals surface area contributed by atoms with Crippen molar-refractivity contribution in [3.8, 4) is 0 Å². The molecule has 0 aromatic carbocycles. The van der Waals surface area contributed by atoms with Crippen LogP contribution >= 0.6 is 12.4 Å². The number of hydrogen-bond donors (Lipinski definition) is 2. The molecule has 2 aliphatic rings. The average molecular weight is 375 g/mol. The van der Waals surface area contributed by atoms with E-state index in [0.717, 1.165) is 24.2 Å².